The van der Waals surface area contributed by atoms with Crippen LogP contribution in [0, 0.1) is 13.8 Å². The lowest BCUT2D eigenvalue weighted by Crippen LogP contribution is -1.85. The van der Waals surface area contributed by atoms with Gasteiger partial charge >= 0.3 is 0 Å². The molecule has 0 heterocycles. The van der Waals surface area contributed by atoms with Gasteiger partial charge in [0.25, 0.3) is 0 Å². The Morgan fingerprint density at radius 1 is 1.09 bits per heavy atom. The van der Waals surface area contributed by atoms with E-state index in [1.807, 2.05) is 12.1 Å². The lowest BCUT2D eigenvalue weighted by Gasteiger charge is -2.02. The normalized spacial score (nSPS) is 8.64. The van der Waals surface area contributed by atoms with Crippen LogP contribution in [-0.2, 0) is 0 Å². The Balaban J connectivity index is 0.000001000. The highest BCUT2D eigenvalue weighted by atomic mass is 28.1. The van der Waals surface area contributed by atoms with Crippen molar-refractivity contribution in [3.8, 4) is 5.75 Å². The van der Waals surface area contributed by atoms with E-state index < -0.39 is 0 Å². The Bertz CT molecular complexity index is 233. The predicted octanol–water partition coefficient (Wildman–Crippen LogP) is 1.93. The Kier molecular flexibility index (Phi) is 3.89. The lowest BCUT2D eigenvalue weighted by atomic mass is 10.1. The minimum atomic E-state index is 0. The second-order valence-electron chi connectivity index (χ2n) is 2.45. The van der Waals surface area contributed by atoms with E-state index in [0.717, 1.165) is 5.75 Å². The SMILES string of the molecule is COc1ccc(C)c(C)c1.[Si]. The van der Waals surface area contributed by atoms with Gasteiger partial charge in [0.1, 0.15) is 5.75 Å². The summed E-state index contributed by atoms with van der Waals surface area (Å²) in [4.78, 5) is 0. The van der Waals surface area contributed by atoms with Crippen molar-refractivity contribution in [3.63, 3.8) is 0 Å². The second kappa shape index (κ2) is 4.19. The predicted molar refractivity (Wildman–Crippen MR) is 48.2 cm³/mol. The monoisotopic (exact) mass is 164 g/mol. The standard InChI is InChI=1S/C9H12O.Si/c1-7-4-5-9(10-3)6-8(7)2;/h4-6H,1-3H3;. The third kappa shape index (κ3) is 2.39. The maximum absolute atomic E-state index is 5.05. The van der Waals surface area contributed by atoms with Crippen LogP contribution >= 0.6 is 0 Å². The number of aryl methyl sites for hydroxylation is 2. The zero-order valence-corrected chi connectivity index (χ0v) is 8.14. The summed E-state index contributed by atoms with van der Waals surface area (Å²) in [6.45, 7) is 4.17. The van der Waals surface area contributed by atoms with Crippen molar-refractivity contribution in [2.45, 2.75) is 13.8 Å². The van der Waals surface area contributed by atoms with Crippen LogP contribution in [0.15, 0.2) is 18.2 Å². The molecule has 0 unspecified atom stereocenters. The van der Waals surface area contributed by atoms with Gasteiger partial charge in [0.15, 0.2) is 0 Å². The van der Waals surface area contributed by atoms with Gasteiger partial charge in [0, 0.05) is 11.0 Å². The van der Waals surface area contributed by atoms with Crippen LogP contribution in [-0.4, -0.2) is 18.1 Å². The van der Waals surface area contributed by atoms with Crippen LogP contribution < -0.4 is 4.74 Å². The van der Waals surface area contributed by atoms with Crippen LogP contribution in [0.4, 0.5) is 0 Å². The highest BCUT2D eigenvalue weighted by molar-refractivity contribution is 5.75. The smallest absolute Gasteiger partial charge is 0.119 e. The molecule has 1 rings (SSSR count). The van der Waals surface area contributed by atoms with E-state index >= 15 is 0 Å². The second-order valence-corrected chi connectivity index (χ2v) is 2.45. The Morgan fingerprint density at radius 2 is 1.73 bits per heavy atom. The number of rotatable bonds is 1. The Morgan fingerprint density at radius 3 is 2.18 bits per heavy atom. The number of hydrogen-bond acceptors (Lipinski definition) is 1. The molecule has 1 aromatic rings. The fraction of sp³-hybridized carbons (Fsp3) is 0.333. The first kappa shape index (κ1) is 10.2. The van der Waals surface area contributed by atoms with Crippen LogP contribution in [0.2, 0.25) is 0 Å². The van der Waals surface area contributed by atoms with Crippen molar-refractivity contribution < 1.29 is 4.74 Å². The molecule has 1 aromatic carbocycles. The van der Waals surface area contributed by atoms with Crippen molar-refractivity contribution in [1.82, 2.24) is 0 Å². The van der Waals surface area contributed by atoms with Gasteiger partial charge in [0.2, 0.25) is 0 Å². The minimum Gasteiger partial charge on any atom is -0.497 e. The van der Waals surface area contributed by atoms with E-state index in [2.05, 4.69) is 19.9 Å². The molecule has 0 aliphatic heterocycles. The minimum absolute atomic E-state index is 0. The first-order chi connectivity index (χ1) is 4.74. The average Bonchev–Trinajstić information content (AvgIpc) is 1.95. The van der Waals surface area contributed by atoms with Gasteiger partial charge in [-0.25, -0.2) is 0 Å². The molecule has 0 saturated carbocycles. The summed E-state index contributed by atoms with van der Waals surface area (Å²) in [7, 11) is 1.68. The zero-order chi connectivity index (χ0) is 7.56. The van der Waals surface area contributed by atoms with Crippen molar-refractivity contribution in [3.05, 3.63) is 29.3 Å². The molecule has 0 amide bonds. The van der Waals surface area contributed by atoms with Crippen molar-refractivity contribution in [2.75, 3.05) is 7.11 Å². The van der Waals surface area contributed by atoms with E-state index in [9.17, 15) is 0 Å². The van der Waals surface area contributed by atoms with E-state index in [-0.39, 0.29) is 11.0 Å². The molecule has 1 nitrogen and oxygen atoms in total. The maximum atomic E-state index is 5.05. The van der Waals surface area contributed by atoms with Crippen LogP contribution in [0.3, 0.4) is 0 Å². The summed E-state index contributed by atoms with van der Waals surface area (Å²) >= 11 is 0. The van der Waals surface area contributed by atoms with Crippen LogP contribution in [0.25, 0.3) is 0 Å². The number of ether oxygens (including phenoxy) is 1. The lowest BCUT2D eigenvalue weighted by molar-refractivity contribution is 0.414. The van der Waals surface area contributed by atoms with Gasteiger partial charge in [-0.1, -0.05) is 6.07 Å². The first-order valence-corrected chi connectivity index (χ1v) is 3.35. The van der Waals surface area contributed by atoms with E-state index in [0.29, 0.717) is 0 Å². The molecule has 0 bridgehead atoms. The van der Waals surface area contributed by atoms with E-state index in [4.69, 9.17) is 4.74 Å². The highest BCUT2D eigenvalue weighted by Crippen LogP contribution is 2.15. The number of benzene rings is 1. The van der Waals surface area contributed by atoms with Gasteiger partial charge in [0.05, 0.1) is 7.11 Å². The summed E-state index contributed by atoms with van der Waals surface area (Å²) in [6.07, 6.45) is 0. The summed E-state index contributed by atoms with van der Waals surface area (Å²) < 4.78 is 5.05. The third-order valence-electron chi connectivity index (χ3n) is 1.71. The number of hydrogen-bond donors (Lipinski definition) is 0. The fourth-order valence-corrected chi connectivity index (χ4v) is 0.841. The fourth-order valence-electron chi connectivity index (χ4n) is 0.841. The first-order valence-electron chi connectivity index (χ1n) is 3.35. The molecule has 0 aliphatic carbocycles. The van der Waals surface area contributed by atoms with Gasteiger partial charge in [-0.3, -0.25) is 0 Å². The molecule has 58 valence electrons. The summed E-state index contributed by atoms with van der Waals surface area (Å²) in [5.41, 5.74) is 2.58. The summed E-state index contributed by atoms with van der Waals surface area (Å²) in [5.74, 6) is 0.933. The maximum Gasteiger partial charge on any atom is 0.119 e. The zero-order valence-electron chi connectivity index (χ0n) is 7.14. The average molecular weight is 164 g/mol. The Hall–Kier alpha value is -0.763. The molecule has 0 aliphatic rings. The van der Waals surface area contributed by atoms with Crippen molar-refractivity contribution in [2.24, 2.45) is 0 Å². The third-order valence-corrected chi connectivity index (χ3v) is 1.71. The molecule has 0 atom stereocenters. The van der Waals surface area contributed by atoms with Gasteiger partial charge in [-0.2, -0.15) is 0 Å². The molecule has 0 spiro atoms. The molecule has 11 heavy (non-hydrogen) atoms. The molecule has 0 N–H and O–H groups in total. The molecule has 2 heteroatoms. The van der Waals surface area contributed by atoms with Gasteiger partial charge < -0.3 is 4.74 Å². The molecular formula is C9H12OSi. The largest absolute Gasteiger partial charge is 0.497 e. The Labute approximate surface area is 72.4 Å². The number of methoxy groups -OCH3 is 1. The summed E-state index contributed by atoms with van der Waals surface area (Å²) in [5, 5.41) is 0. The molecule has 4 radical (unpaired) electrons. The van der Waals surface area contributed by atoms with Gasteiger partial charge in [-0.15, -0.1) is 0 Å². The van der Waals surface area contributed by atoms with Crippen molar-refractivity contribution >= 4 is 11.0 Å². The van der Waals surface area contributed by atoms with Crippen LogP contribution in [0.1, 0.15) is 11.1 Å². The molecule has 0 aromatic heterocycles. The highest BCUT2D eigenvalue weighted by Gasteiger charge is 1.93. The van der Waals surface area contributed by atoms with E-state index in [1.54, 1.807) is 7.11 Å². The molecule has 0 fully saturated rings. The molecule has 0 saturated heterocycles. The topological polar surface area (TPSA) is 9.23 Å². The summed E-state index contributed by atoms with van der Waals surface area (Å²) in [6, 6.07) is 6.08. The van der Waals surface area contributed by atoms with Crippen molar-refractivity contribution in [1.29, 1.82) is 0 Å². The van der Waals surface area contributed by atoms with Gasteiger partial charge in [-0.05, 0) is 37.1 Å². The van der Waals surface area contributed by atoms with E-state index in [1.165, 1.54) is 11.1 Å². The quantitative estimate of drug-likeness (QED) is 0.576. The van der Waals surface area contributed by atoms with Crippen LogP contribution in [0.5, 0.6) is 5.75 Å². The molecular weight excluding hydrogens is 152 g/mol.